The second kappa shape index (κ2) is 7.09. The summed E-state index contributed by atoms with van der Waals surface area (Å²) in [7, 11) is 0. The van der Waals surface area contributed by atoms with Gasteiger partial charge in [0.15, 0.2) is 0 Å². The minimum absolute atomic E-state index is 0.403. The van der Waals surface area contributed by atoms with Gasteiger partial charge >= 0.3 is 5.97 Å². The van der Waals surface area contributed by atoms with Gasteiger partial charge in [-0.05, 0) is 36.8 Å². The van der Waals surface area contributed by atoms with E-state index < -0.39 is 5.97 Å². The molecule has 0 saturated heterocycles. The van der Waals surface area contributed by atoms with Gasteiger partial charge in [0, 0.05) is 5.57 Å². The van der Waals surface area contributed by atoms with E-state index in [4.69, 9.17) is 0 Å². The van der Waals surface area contributed by atoms with Crippen LogP contribution < -0.4 is 0 Å². The van der Waals surface area contributed by atoms with Gasteiger partial charge in [0.05, 0.1) is 0 Å². The van der Waals surface area contributed by atoms with Crippen LogP contribution in [0.4, 0.5) is 0 Å². The Labute approximate surface area is 120 Å². The molecule has 1 aliphatic carbocycles. The van der Waals surface area contributed by atoms with Crippen molar-refractivity contribution < 1.29 is 9.90 Å². The van der Waals surface area contributed by atoms with Crippen molar-refractivity contribution in [2.75, 3.05) is 0 Å². The molecule has 0 aromatic heterocycles. The second-order valence-corrected chi connectivity index (χ2v) is 5.46. The lowest BCUT2D eigenvalue weighted by atomic mass is 9.81. The Morgan fingerprint density at radius 1 is 1.15 bits per heavy atom. The predicted octanol–water partition coefficient (Wildman–Crippen LogP) is 4.68. The molecule has 1 saturated carbocycles. The number of hydrogen-bond acceptors (Lipinski definition) is 1. The maximum absolute atomic E-state index is 11.3. The van der Waals surface area contributed by atoms with Gasteiger partial charge < -0.3 is 5.11 Å². The Balaban J connectivity index is 2.25. The summed E-state index contributed by atoms with van der Waals surface area (Å²) < 4.78 is 0. The molecule has 2 nitrogen and oxygen atoms in total. The number of rotatable bonds is 4. The van der Waals surface area contributed by atoms with Crippen molar-refractivity contribution in [3.63, 3.8) is 0 Å². The zero-order chi connectivity index (χ0) is 14.4. The zero-order valence-corrected chi connectivity index (χ0v) is 12.0. The quantitative estimate of drug-likeness (QED) is 0.637. The summed E-state index contributed by atoms with van der Waals surface area (Å²) in [5, 5.41) is 9.29. The Morgan fingerprint density at radius 2 is 1.80 bits per heavy atom. The minimum Gasteiger partial charge on any atom is -0.478 e. The molecule has 2 rings (SSSR count). The van der Waals surface area contributed by atoms with Gasteiger partial charge in [0.2, 0.25) is 0 Å². The van der Waals surface area contributed by atoms with E-state index in [1.54, 1.807) is 6.92 Å². The normalized spacial score (nSPS) is 18.1. The molecule has 0 unspecified atom stereocenters. The van der Waals surface area contributed by atoms with E-state index in [-0.39, 0.29) is 0 Å². The molecular weight excluding hydrogens is 248 g/mol. The number of carbonyl (C=O) groups is 1. The van der Waals surface area contributed by atoms with Crippen molar-refractivity contribution in [1.82, 2.24) is 0 Å². The predicted molar refractivity (Wildman–Crippen MR) is 82.4 cm³/mol. The number of aliphatic carboxylic acids is 1. The third kappa shape index (κ3) is 3.83. The molecule has 1 fully saturated rings. The fourth-order valence-electron chi connectivity index (χ4n) is 2.85. The van der Waals surface area contributed by atoms with Gasteiger partial charge in [-0.25, -0.2) is 4.79 Å². The number of benzene rings is 1. The smallest absolute Gasteiger partial charge is 0.331 e. The summed E-state index contributed by atoms with van der Waals surface area (Å²) in [6.45, 7) is 1.72. The maximum Gasteiger partial charge on any atom is 0.331 e. The zero-order valence-electron chi connectivity index (χ0n) is 12.0. The van der Waals surface area contributed by atoms with Gasteiger partial charge in [-0.1, -0.05) is 61.7 Å². The second-order valence-electron chi connectivity index (χ2n) is 5.46. The molecule has 2 heteroatoms. The van der Waals surface area contributed by atoms with E-state index in [1.807, 2.05) is 42.5 Å². The van der Waals surface area contributed by atoms with Crippen molar-refractivity contribution >= 4 is 12.0 Å². The Kier molecular flexibility index (Phi) is 5.16. The number of allylic oxidation sites excluding steroid dienone is 2. The van der Waals surface area contributed by atoms with Crippen molar-refractivity contribution in [1.29, 1.82) is 0 Å². The average Bonchev–Trinajstić information content (AvgIpc) is 2.49. The molecule has 106 valence electrons. The van der Waals surface area contributed by atoms with Gasteiger partial charge in [0.1, 0.15) is 0 Å². The maximum atomic E-state index is 11.3. The summed E-state index contributed by atoms with van der Waals surface area (Å²) in [5.74, 6) is -0.400. The first-order valence-corrected chi connectivity index (χ1v) is 7.35. The van der Waals surface area contributed by atoms with Crippen LogP contribution in [-0.4, -0.2) is 11.1 Å². The number of carboxylic acids is 1. The van der Waals surface area contributed by atoms with E-state index in [0.717, 1.165) is 24.0 Å². The van der Waals surface area contributed by atoms with Crippen LogP contribution in [0.25, 0.3) is 6.08 Å². The van der Waals surface area contributed by atoms with E-state index >= 15 is 0 Å². The van der Waals surface area contributed by atoms with Gasteiger partial charge in [-0.2, -0.15) is 0 Å². The molecule has 0 aliphatic heterocycles. The molecule has 1 N–H and O–H groups in total. The molecule has 1 aliphatic rings. The molecule has 0 atom stereocenters. The molecule has 0 radical (unpaired) electrons. The lowest BCUT2D eigenvalue weighted by Crippen LogP contribution is -2.12. The Hall–Kier alpha value is -1.83. The third-order valence-electron chi connectivity index (χ3n) is 4.05. The van der Waals surface area contributed by atoms with Crippen LogP contribution in [0.15, 0.2) is 47.6 Å². The Morgan fingerprint density at radius 3 is 2.40 bits per heavy atom. The highest BCUT2D eigenvalue weighted by Gasteiger charge is 2.20. The highest BCUT2D eigenvalue weighted by Crippen LogP contribution is 2.32. The van der Waals surface area contributed by atoms with E-state index in [9.17, 15) is 9.90 Å². The van der Waals surface area contributed by atoms with Crippen molar-refractivity contribution in [2.45, 2.75) is 39.0 Å². The summed E-state index contributed by atoms with van der Waals surface area (Å²) in [4.78, 5) is 11.3. The lowest BCUT2D eigenvalue weighted by molar-refractivity contribution is -0.132. The number of hydrogen-bond donors (Lipinski definition) is 1. The van der Waals surface area contributed by atoms with Crippen LogP contribution >= 0.6 is 0 Å². The number of carboxylic acid groups (broad SMARTS) is 1. The highest BCUT2D eigenvalue weighted by atomic mass is 16.4. The van der Waals surface area contributed by atoms with Crippen LogP contribution in [0.5, 0.6) is 0 Å². The SMILES string of the molecule is CC(C(=O)O)=C(C=Cc1ccccc1)C1CCCCC1. The average molecular weight is 270 g/mol. The molecule has 0 spiro atoms. The van der Waals surface area contributed by atoms with Crippen LogP contribution in [-0.2, 0) is 4.79 Å². The van der Waals surface area contributed by atoms with Crippen molar-refractivity contribution in [3.05, 3.63) is 53.1 Å². The minimum atomic E-state index is -0.803. The van der Waals surface area contributed by atoms with E-state index in [0.29, 0.717) is 11.5 Å². The summed E-state index contributed by atoms with van der Waals surface area (Å²) >= 11 is 0. The molecule has 0 amide bonds. The molecule has 0 heterocycles. The van der Waals surface area contributed by atoms with E-state index in [1.165, 1.54) is 19.3 Å². The molecule has 1 aromatic carbocycles. The van der Waals surface area contributed by atoms with Crippen LogP contribution in [0.3, 0.4) is 0 Å². The summed E-state index contributed by atoms with van der Waals surface area (Å²) in [6, 6.07) is 10.0. The van der Waals surface area contributed by atoms with Gasteiger partial charge in [-0.15, -0.1) is 0 Å². The largest absolute Gasteiger partial charge is 0.478 e. The lowest BCUT2D eigenvalue weighted by Gasteiger charge is -2.24. The topological polar surface area (TPSA) is 37.3 Å². The highest BCUT2D eigenvalue weighted by molar-refractivity contribution is 5.87. The van der Waals surface area contributed by atoms with Crippen molar-refractivity contribution in [2.24, 2.45) is 5.92 Å². The molecule has 1 aromatic rings. The van der Waals surface area contributed by atoms with Gasteiger partial charge in [0.25, 0.3) is 0 Å². The molecule has 20 heavy (non-hydrogen) atoms. The molecular formula is C18H22O2. The fourth-order valence-corrected chi connectivity index (χ4v) is 2.85. The van der Waals surface area contributed by atoms with Crippen LogP contribution in [0, 0.1) is 5.92 Å². The Bertz CT molecular complexity index is 505. The first-order chi connectivity index (χ1) is 9.68. The third-order valence-corrected chi connectivity index (χ3v) is 4.05. The monoisotopic (exact) mass is 270 g/mol. The van der Waals surface area contributed by atoms with Crippen LogP contribution in [0.1, 0.15) is 44.6 Å². The van der Waals surface area contributed by atoms with Gasteiger partial charge in [-0.3, -0.25) is 0 Å². The molecule has 0 bridgehead atoms. The first-order valence-electron chi connectivity index (χ1n) is 7.35. The summed E-state index contributed by atoms with van der Waals surface area (Å²) in [6.07, 6.45) is 9.95. The van der Waals surface area contributed by atoms with Crippen LogP contribution in [0.2, 0.25) is 0 Å². The fraction of sp³-hybridized carbons (Fsp3) is 0.389. The van der Waals surface area contributed by atoms with E-state index in [2.05, 4.69) is 0 Å². The summed E-state index contributed by atoms with van der Waals surface area (Å²) in [5.41, 5.74) is 2.60. The van der Waals surface area contributed by atoms with Crippen molar-refractivity contribution in [3.8, 4) is 0 Å². The first kappa shape index (κ1) is 14.6. The standard InChI is InChI=1S/C18H22O2/c1-14(18(19)20)17(16-10-6-3-7-11-16)13-12-15-8-4-2-5-9-15/h2,4-5,8-9,12-13,16H,3,6-7,10-11H2,1H3,(H,19,20).